The largest absolute Gasteiger partial charge is 0.493 e. The first-order valence-electron chi connectivity index (χ1n) is 8.69. The lowest BCUT2D eigenvalue weighted by molar-refractivity contribution is 0.284. The summed E-state index contributed by atoms with van der Waals surface area (Å²) in [6.07, 6.45) is 3.61. The monoisotopic (exact) mass is 415 g/mol. The molecule has 2 rings (SSSR count). The van der Waals surface area contributed by atoms with Crippen molar-refractivity contribution in [2.24, 2.45) is 0 Å². The predicted molar refractivity (Wildman–Crippen MR) is 110 cm³/mol. The van der Waals surface area contributed by atoms with Gasteiger partial charge in [0.15, 0.2) is 11.5 Å². The summed E-state index contributed by atoms with van der Waals surface area (Å²) in [5.74, 6) is 1.07. The maximum absolute atomic E-state index is 6.42. The summed E-state index contributed by atoms with van der Waals surface area (Å²) >= 11 is 18.8. The van der Waals surface area contributed by atoms with Crippen LogP contribution in [0.15, 0.2) is 30.3 Å². The third kappa shape index (κ3) is 5.95. The molecule has 0 saturated carbocycles. The van der Waals surface area contributed by atoms with Gasteiger partial charge >= 0.3 is 0 Å². The Morgan fingerprint density at radius 1 is 1.00 bits per heavy atom. The fraction of sp³-hybridized carbons (Fsp3) is 0.400. The number of halogens is 3. The van der Waals surface area contributed by atoms with Crippen LogP contribution in [0.3, 0.4) is 0 Å². The van der Waals surface area contributed by atoms with E-state index in [0.29, 0.717) is 26.6 Å². The van der Waals surface area contributed by atoms with E-state index in [-0.39, 0.29) is 6.61 Å². The van der Waals surface area contributed by atoms with Crippen molar-refractivity contribution in [3.8, 4) is 11.5 Å². The van der Waals surface area contributed by atoms with Crippen LogP contribution in [-0.4, -0.2) is 13.7 Å². The molecule has 142 valence electrons. The third-order valence-corrected chi connectivity index (χ3v) is 4.99. The molecule has 0 aromatic heterocycles. The van der Waals surface area contributed by atoms with E-state index >= 15 is 0 Å². The Balaban J connectivity index is 2.06. The van der Waals surface area contributed by atoms with Gasteiger partial charge < -0.3 is 14.8 Å². The number of unbranched alkanes of at least 4 members (excludes halogenated alkanes) is 2. The van der Waals surface area contributed by atoms with Gasteiger partial charge in [-0.2, -0.15) is 0 Å². The Hall–Kier alpha value is -1.13. The van der Waals surface area contributed by atoms with E-state index in [1.165, 1.54) is 19.3 Å². The number of rotatable bonds is 10. The number of hydrogen-bond acceptors (Lipinski definition) is 3. The summed E-state index contributed by atoms with van der Waals surface area (Å²) in [6, 6.07) is 9.17. The molecule has 0 unspecified atom stereocenters. The molecule has 0 amide bonds. The van der Waals surface area contributed by atoms with Gasteiger partial charge in [-0.3, -0.25) is 0 Å². The van der Waals surface area contributed by atoms with Gasteiger partial charge in [0.1, 0.15) is 6.61 Å². The molecule has 0 saturated heterocycles. The highest BCUT2D eigenvalue weighted by Crippen LogP contribution is 2.38. The first kappa shape index (κ1) is 21.2. The molecule has 0 spiro atoms. The van der Waals surface area contributed by atoms with Crippen LogP contribution in [0.4, 0.5) is 0 Å². The fourth-order valence-electron chi connectivity index (χ4n) is 2.56. The van der Waals surface area contributed by atoms with Crippen LogP contribution in [0.1, 0.15) is 37.3 Å². The summed E-state index contributed by atoms with van der Waals surface area (Å²) in [7, 11) is 1.60. The van der Waals surface area contributed by atoms with Gasteiger partial charge in [-0.15, -0.1) is 0 Å². The molecule has 26 heavy (non-hydrogen) atoms. The Morgan fingerprint density at radius 2 is 1.73 bits per heavy atom. The van der Waals surface area contributed by atoms with Crippen LogP contribution in [0, 0.1) is 0 Å². The Morgan fingerprint density at radius 3 is 2.38 bits per heavy atom. The zero-order chi connectivity index (χ0) is 18.9. The lowest BCUT2D eigenvalue weighted by Gasteiger charge is -2.15. The van der Waals surface area contributed by atoms with E-state index in [1.54, 1.807) is 25.3 Å². The zero-order valence-corrected chi connectivity index (χ0v) is 17.3. The minimum atomic E-state index is 0.212. The highest BCUT2D eigenvalue weighted by Gasteiger charge is 2.14. The molecule has 0 aliphatic heterocycles. The Kier molecular flexibility index (Phi) is 8.86. The first-order valence-corrected chi connectivity index (χ1v) is 9.83. The Labute approximate surface area is 170 Å². The topological polar surface area (TPSA) is 30.5 Å². The van der Waals surface area contributed by atoms with Crippen molar-refractivity contribution in [2.45, 2.75) is 39.3 Å². The predicted octanol–water partition coefficient (Wildman–Crippen LogP) is 6.51. The quantitative estimate of drug-likeness (QED) is 0.447. The van der Waals surface area contributed by atoms with Crippen molar-refractivity contribution >= 4 is 34.8 Å². The molecule has 1 N–H and O–H groups in total. The lowest BCUT2D eigenvalue weighted by atomic mass is 10.2. The highest BCUT2D eigenvalue weighted by atomic mass is 35.5. The molecule has 0 aliphatic rings. The average Bonchev–Trinajstić information content (AvgIpc) is 2.62. The first-order chi connectivity index (χ1) is 12.6. The van der Waals surface area contributed by atoms with Crippen molar-refractivity contribution in [2.75, 3.05) is 13.7 Å². The summed E-state index contributed by atoms with van der Waals surface area (Å²) < 4.78 is 11.3. The number of benzene rings is 2. The molecule has 2 aromatic carbocycles. The number of hydrogen-bond donors (Lipinski definition) is 1. The van der Waals surface area contributed by atoms with E-state index < -0.39 is 0 Å². The van der Waals surface area contributed by atoms with Gasteiger partial charge in [0, 0.05) is 22.2 Å². The molecule has 0 fully saturated rings. The second-order valence-corrected chi connectivity index (χ2v) is 7.20. The number of ether oxygens (including phenoxy) is 2. The molecule has 0 aliphatic carbocycles. The van der Waals surface area contributed by atoms with Gasteiger partial charge in [-0.25, -0.2) is 0 Å². The molecule has 0 bridgehead atoms. The standard InChI is InChI=1S/C20H24Cl3NO2/c1-3-4-5-9-24-12-14-10-18(23)20(19(11-14)25-2)26-13-15-16(21)7-6-8-17(15)22/h6-8,10-11,24H,3-5,9,12-13H2,1-2H3. The lowest BCUT2D eigenvalue weighted by Crippen LogP contribution is -2.14. The van der Waals surface area contributed by atoms with Gasteiger partial charge in [0.2, 0.25) is 0 Å². The van der Waals surface area contributed by atoms with Crippen LogP contribution in [0.5, 0.6) is 11.5 Å². The minimum Gasteiger partial charge on any atom is -0.493 e. The SMILES string of the molecule is CCCCCNCc1cc(Cl)c(OCc2c(Cl)cccc2Cl)c(OC)c1. The van der Waals surface area contributed by atoms with Crippen molar-refractivity contribution in [1.29, 1.82) is 0 Å². The van der Waals surface area contributed by atoms with Crippen molar-refractivity contribution in [1.82, 2.24) is 5.32 Å². The highest BCUT2D eigenvalue weighted by molar-refractivity contribution is 6.36. The molecule has 0 heterocycles. The van der Waals surface area contributed by atoms with Gasteiger partial charge in [-0.1, -0.05) is 60.6 Å². The van der Waals surface area contributed by atoms with Gasteiger partial charge in [0.25, 0.3) is 0 Å². The molecule has 0 atom stereocenters. The van der Waals surface area contributed by atoms with E-state index in [1.807, 2.05) is 12.1 Å². The molecular weight excluding hydrogens is 393 g/mol. The fourth-order valence-corrected chi connectivity index (χ4v) is 3.36. The van der Waals surface area contributed by atoms with Gasteiger partial charge in [-0.05, 0) is 42.8 Å². The summed E-state index contributed by atoms with van der Waals surface area (Å²) in [4.78, 5) is 0. The summed E-state index contributed by atoms with van der Waals surface area (Å²) in [5, 5.41) is 5.03. The minimum absolute atomic E-state index is 0.212. The van der Waals surface area contributed by atoms with Crippen LogP contribution < -0.4 is 14.8 Å². The van der Waals surface area contributed by atoms with Crippen LogP contribution in [-0.2, 0) is 13.2 Å². The Bertz CT molecular complexity index is 702. The van der Waals surface area contributed by atoms with E-state index in [4.69, 9.17) is 44.3 Å². The summed E-state index contributed by atoms with van der Waals surface area (Å²) in [6.45, 7) is 4.12. The normalized spacial score (nSPS) is 10.8. The van der Waals surface area contributed by atoms with Gasteiger partial charge in [0.05, 0.1) is 12.1 Å². The van der Waals surface area contributed by atoms with Crippen molar-refractivity contribution < 1.29 is 9.47 Å². The molecule has 3 nitrogen and oxygen atoms in total. The zero-order valence-electron chi connectivity index (χ0n) is 15.1. The summed E-state index contributed by atoms with van der Waals surface area (Å²) in [5.41, 5.74) is 1.77. The van der Waals surface area contributed by atoms with Crippen LogP contribution in [0.25, 0.3) is 0 Å². The maximum atomic E-state index is 6.42. The molecule has 2 aromatic rings. The third-order valence-electron chi connectivity index (χ3n) is 4.00. The van der Waals surface area contributed by atoms with E-state index in [9.17, 15) is 0 Å². The smallest absolute Gasteiger partial charge is 0.180 e. The van der Waals surface area contributed by atoms with Crippen molar-refractivity contribution in [3.05, 3.63) is 56.5 Å². The molecule has 0 radical (unpaired) electrons. The van der Waals surface area contributed by atoms with Crippen molar-refractivity contribution in [3.63, 3.8) is 0 Å². The molecule has 6 heteroatoms. The van der Waals surface area contributed by atoms with E-state index in [2.05, 4.69) is 12.2 Å². The molecular formula is C20H24Cl3NO2. The second kappa shape index (κ2) is 10.9. The number of methoxy groups -OCH3 is 1. The van der Waals surface area contributed by atoms with E-state index in [0.717, 1.165) is 24.2 Å². The van der Waals surface area contributed by atoms with Crippen LogP contribution in [0.2, 0.25) is 15.1 Å². The second-order valence-electron chi connectivity index (χ2n) is 5.98. The van der Waals surface area contributed by atoms with Crippen LogP contribution >= 0.6 is 34.8 Å². The maximum Gasteiger partial charge on any atom is 0.180 e. The average molecular weight is 417 g/mol. The number of nitrogens with one attached hydrogen (secondary N) is 1.